The monoisotopic (exact) mass is 397 g/mol. The zero-order valence-corrected chi connectivity index (χ0v) is 16.5. The molecule has 1 atom stereocenters. The van der Waals surface area contributed by atoms with Gasteiger partial charge >= 0.3 is 6.09 Å². The number of ether oxygens (including phenoxy) is 1. The van der Waals surface area contributed by atoms with Crippen LogP contribution in [0.5, 0.6) is 0 Å². The second-order valence-corrected chi connectivity index (χ2v) is 7.41. The van der Waals surface area contributed by atoms with Crippen LogP contribution >= 0.6 is 11.6 Å². The van der Waals surface area contributed by atoms with Crippen LogP contribution in [-0.2, 0) is 23.8 Å². The van der Waals surface area contributed by atoms with Crippen LogP contribution in [0.4, 0.5) is 4.79 Å². The number of carbonyl (C=O) groups excluding carboxylic acids is 1. The summed E-state index contributed by atoms with van der Waals surface area (Å²) < 4.78 is 7.75. The Balaban J connectivity index is 1.50. The van der Waals surface area contributed by atoms with Gasteiger partial charge in [-0.2, -0.15) is 0 Å². The lowest BCUT2D eigenvalue weighted by atomic mass is 10.0. The Morgan fingerprint density at radius 2 is 1.89 bits per heavy atom. The molecule has 2 aromatic carbocycles. The molecule has 0 spiro atoms. The Hall–Kier alpha value is -2.53. The van der Waals surface area contributed by atoms with Gasteiger partial charge in [0.2, 0.25) is 0 Å². The van der Waals surface area contributed by atoms with Crippen LogP contribution in [0.1, 0.15) is 30.7 Å². The molecule has 28 heavy (non-hydrogen) atoms. The Kier molecular flexibility index (Phi) is 5.81. The fourth-order valence-electron chi connectivity index (χ4n) is 3.87. The van der Waals surface area contributed by atoms with Crippen molar-refractivity contribution in [3.63, 3.8) is 0 Å². The van der Waals surface area contributed by atoms with Crippen molar-refractivity contribution in [3.8, 4) is 0 Å². The molecule has 5 nitrogen and oxygen atoms in total. The molecule has 1 aromatic heterocycles. The van der Waals surface area contributed by atoms with E-state index in [1.807, 2.05) is 53.4 Å². The lowest BCUT2D eigenvalue weighted by Crippen LogP contribution is -2.46. The van der Waals surface area contributed by atoms with E-state index in [-0.39, 0.29) is 12.1 Å². The second kappa shape index (κ2) is 8.65. The molecule has 1 fully saturated rings. The highest BCUT2D eigenvalue weighted by atomic mass is 35.5. The minimum Gasteiger partial charge on any atom is -0.445 e. The van der Waals surface area contributed by atoms with E-state index in [9.17, 15) is 4.79 Å². The molecule has 0 bridgehead atoms. The number of halogens is 1. The van der Waals surface area contributed by atoms with Crippen LogP contribution < -0.4 is 0 Å². The first kappa shape index (κ1) is 18.8. The number of fused-ring (bicyclic) bond motifs is 1. The van der Waals surface area contributed by atoms with Crippen molar-refractivity contribution in [2.45, 2.75) is 44.3 Å². The maximum absolute atomic E-state index is 12.8. The smallest absolute Gasteiger partial charge is 0.410 e. The SMILES string of the molecule is O=C(OCc1ccccc1)N1CCCC[C@@H]1Cn1c(CCl)nc2ccccc21. The summed E-state index contributed by atoms with van der Waals surface area (Å²) in [6.45, 7) is 1.70. The standard InChI is InChI=1S/C22H24ClN3O2/c23-14-21-24-19-11-4-5-12-20(19)26(21)15-18-10-6-7-13-25(18)22(27)28-16-17-8-2-1-3-9-17/h1-5,8-9,11-12,18H,6-7,10,13-16H2/t18-/m1/s1. The molecule has 146 valence electrons. The van der Waals surface area contributed by atoms with Crippen molar-refractivity contribution in [1.82, 2.24) is 14.5 Å². The number of amides is 1. The van der Waals surface area contributed by atoms with Gasteiger partial charge < -0.3 is 14.2 Å². The van der Waals surface area contributed by atoms with Gasteiger partial charge in [-0.1, -0.05) is 42.5 Å². The number of hydrogen-bond donors (Lipinski definition) is 0. The average Bonchev–Trinajstić information content (AvgIpc) is 3.11. The normalized spacial score (nSPS) is 17.0. The van der Waals surface area contributed by atoms with Crippen LogP contribution in [-0.4, -0.2) is 33.1 Å². The van der Waals surface area contributed by atoms with Gasteiger partial charge in [-0.15, -0.1) is 11.6 Å². The highest BCUT2D eigenvalue weighted by Gasteiger charge is 2.29. The summed E-state index contributed by atoms with van der Waals surface area (Å²) in [4.78, 5) is 19.3. The molecule has 1 saturated heterocycles. The number of likely N-dealkylation sites (tertiary alicyclic amines) is 1. The van der Waals surface area contributed by atoms with Crippen molar-refractivity contribution in [3.05, 3.63) is 66.0 Å². The highest BCUT2D eigenvalue weighted by molar-refractivity contribution is 6.16. The van der Waals surface area contributed by atoms with Crippen molar-refractivity contribution in [2.75, 3.05) is 6.54 Å². The van der Waals surface area contributed by atoms with E-state index < -0.39 is 0 Å². The number of piperidine rings is 1. The molecule has 6 heteroatoms. The van der Waals surface area contributed by atoms with E-state index in [0.717, 1.165) is 48.2 Å². The fourth-order valence-corrected chi connectivity index (χ4v) is 4.08. The third-order valence-corrected chi connectivity index (χ3v) is 5.55. The topological polar surface area (TPSA) is 47.4 Å². The Morgan fingerprint density at radius 1 is 1.11 bits per heavy atom. The molecule has 1 amide bonds. The zero-order chi connectivity index (χ0) is 19.3. The van der Waals surface area contributed by atoms with Gasteiger partial charge in [-0.05, 0) is 37.0 Å². The number of hydrogen-bond acceptors (Lipinski definition) is 3. The van der Waals surface area contributed by atoms with Crippen LogP contribution in [0, 0.1) is 0 Å². The fraction of sp³-hybridized carbons (Fsp3) is 0.364. The van der Waals surface area contributed by atoms with Crippen LogP contribution in [0.2, 0.25) is 0 Å². The zero-order valence-electron chi connectivity index (χ0n) is 15.8. The third kappa shape index (κ3) is 3.99. The molecule has 1 aliphatic rings. The van der Waals surface area contributed by atoms with E-state index in [4.69, 9.17) is 16.3 Å². The third-order valence-electron chi connectivity index (χ3n) is 5.31. The Bertz CT molecular complexity index is 941. The lowest BCUT2D eigenvalue weighted by Gasteiger charge is -2.35. The molecular formula is C22H24ClN3O2. The van der Waals surface area contributed by atoms with Crippen LogP contribution in [0.25, 0.3) is 11.0 Å². The Labute approximate surface area is 169 Å². The van der Waals surface area contributed by atoms with Gasteiger partial charge in [-0.3, -0.25) is 0 Å². The summed E-state index contributed by atoms with van der Waals surface area (Å²) in [6.07, 6.45) is 2.82. The molecule has 0 saturated carbocycles. The van der Waals surface area contributed by atoms with Gasteiger partial charge in [0.1, 0.15) is 12.4 Å². The first-order chi connectivity index (χ1) is 13.8. The van der Waals surface area contributed by atoms with E-state index in [2.05, 4.69) is 15.6 Å². The minimum atomic E-state index is -0.245. The second-order valence-electron chi connectivity index (χ2n) is 7.14. The van der Waals surface area contributed by atoms with E-state index >= 15 is 0 Å². The van der Waals surface area contributed by atoms with Crippen LogP contribution in [0.3, 0.4) is 0 Å². The maximum atomic E-state index is 12.8. The molecular weight excluding hydrogens is 374 g/mol. The van der Waals surface area contributed by atoms with Crippen molar-refractivity contribution < 1.29 is 9.53 Å². The minimum absolute atomic E-state index is 0.0802. The summed E-state index contributed by atoms with van der Waals surface area (Å²) in [5.74, 6) is 1.19. The van der Waals surface area contributed by atoms with Gasteiger partial charge in [-0.25, -0.2) is 9.78 Å². The molecule has 0 radical (unpaired) electrons. The van der Waals surface area contributed by atoms with Gasteiger partial charge in [0.05, 0.1) is 23.0 Å². The number of rotatable bonds is 5. The summed E-state index contributed by atoms with van der Waals surface area (Å²) in [6, 6.07) is 17.9. The largest absolute Gasteiger partial charge is 0.445 e. The quantitative estimate of drug-likeness (QED) is 0.571. The molecule has 2 heterocycles. The van der Waals surface area contributed by atoms with Crippen molar-refractivity contribution in [2.24, 2.45) is 0 Å². The average molecular weight is 398 g/mol. The first-order valence-corrected chi connectivity index (χ1v) is 10.3. The molecule has 0 N–H and O–H groups in total. The molecule has 4 rings (SSSR count). The number of para-hydroxylation sites is 2. The van der Waals surface area contributed by atoms with Gasteiger partial charge in [0.25, 0.3) is 0 Å². The van der Waals surface area contributed by atoms with E-state index in [1.54, 1.807) is 0 Å². The number of alkyl halides is 1. The predicted molar refractivity (Wildman–Crippen MR) is 110 cm³/mol. The first-order valence-electron chi connectivity index (χ1n) is 9.73. The number of benzene rings is 2. The number of nitrogens with zero attached hydrogens (tertiary/aromatic N) is 3. The van der Waals surface area contributed by atoms with Crippen molar-refractivity contribution in [1.29, 1.82) is 0 Å². The maximum Gasteiger partial charge on any atom is 0.410 e. The molecule has 3 aromatic rings. The predicted octanol–water partition coefficient (Wildman–Crippen LogP) is 4.97. The summed E-state index contributed by atoms with van der Waals surface area (Å²) in [5, 5.41) is 0. The summed E-state index contributed by atoms with van der Waals surface area (Å²) >= 11 is 6.15. The number of imidazole rings is 1. The highest BCUT2D eigenvalue weighted by Crippen LogP contribution is 2.24. The van der Waals surface area contributed by atoms with Gasteiger partial charge in [0, 0.05) is 13.1 Å². The summed E-state index contributed by atoms with van der Waals surface area (Å²) in [5.41, 5.74) is 2.99. The molecule has 0 aliphatic carbocycles. The van der Waals surface area contributed by atoms with E-state index in [0.29, 0.717) is 19.0 Å². The van der Waals surface area contributed by atoms with Crippen LogP contribution in [0.15, 0.2) is 54.6 Å². The Morgan fingerprint density at radius 3 is 2.71 bits per heavy atom. The summed E-state index contributed by atoms with van der Waals surface area (Å²) in [7, 11) is 0. The molecule has 1 aliphatic heterocycles. The van der Waals surface area contributed by atoms with Crippen molar-refractivity contribution >= 4 is 28.7 Å². The lowest BCUT2D eigenvalue weighted by molar-refractivity contribution is 0.0639. The number of aromatic nitrogens is 2. The van der Waals surface area contributed by atoms with Gasteiger partial charge in [0.15, 0.2) is 0 Å². The molecule has 0 unspecified atom stereocenters. The van der Waals surface area contributed by atoms with E-state index in [1.165, 1.54) is 0 Å². The number of carbonyl (C=O) groups is 1.